The predicted molar refractivity (Wildman–Crippen MR) is 79.5 cm³/mol. The van der Waals surface area contributed by atoms with Gasteiger partial charge in [0, 0.05) is 0 Å². The van der Waals surface area contributed by atoms with Crippen LogP contribution in [0.2, 0.25) is 0 Å². The van der Waals surface area contributed by atoms with Gasteiger partial charge in [-0.1, -0.05) is 0 Å². The van der Waals surface area contributed by atoms with Gasteiger partial charge in [-0.15, -0.1) is 0 Å². The zero-order valence-corrected chi connectivity index (χ0v) is 16.0. The second kappa shape index (κ2) is 9.43. The molecule has 17 heteroatoms. The Balaban J connectivity index is 3.02. The molecular formula is C17H10F16O. The molecule has 1 nitrogen and oxygen atoms in total. The molecule has 0 spiro atoms. The summed E-state index contributed by atoms with van der Waals surface area (Å²) < 4.78 is 210. The summed E-state index contributed by atoms with van der Waals surface area (Å²) in [5, 5.41) is 0. The summed E-state index contributed by atoms with van der Waals surface area (Å²) in [5.41, 5.74) is -2.43. The van der Waals surface area contributed by atoms with E-state index in [2.05, 4.69) is 0 Å². The lowest BCUT2D eigenvalue weighted by Gasteiger charge is -2.29. The maximum atomic E-state index is 13.8. The molecule has 0 aliphatic carbocycles. The second-order valence-corrected chi connectivity index (χ2v) is 7.29. The fraction of sp³-hybridized carbons (Fsp3) is 0.588. The fourth-order valence-corrected chi connectivity index (χ4v) is 2.85. The van der Waals surface area contributed by atoms with Gasteiger partial charge in [0.1, 0.15) is 6.42 Å². The molecule has 0 aliphatic rings. The van der Waals surface area contributed by atoms with E-state index >= 15 is 0 Å². The molecule has 0 N–H and O–H groups in total. The number of alkyl halides is 11. The molecule has 0 saturated heterocycles. The Kier molecular flexibility index (Phi) is 8.27. The molecule has 196 valence electrons. The van der Waals surface area contributed by atoms with Gasteiger partial charge >= 0.3 is 6.18 Å². The second-order valence-electron chi connectivity index (χ2n) is 7.29. The molecule has 1 rings (SSSR count). The third kappa shape index (κ3) is 8.21. The van der Waals surface area contributed by atoms with E-state index in [1.54, 1.807) is 0 Å². The van der Waals surface area contributed by atoms with Crippen LogP contribution in [0.15, 0.2) is 0 Å². The van der Waals surface area contributed by atoms with E-state index in [-0.39, 0.29) is 0 Å². The van der Waals surface area contributed by atoms with Crippen LogP contribution in [0.5, 0.6) is 0 Å². The first kappa shape index (κ1) is 29.8. The minimum absolute atomic E-state index is 2.43. The van der Waals surface area contributed by atoms with Gasteiger partial charge < -0.3 is 0 Å². The Labute approximate surface area is 178 Å². The molecular weight excluding hydrogens is 524 g/mol. The van der Waals surface area contributed by atoms with Crippen molar-refractivity contribution in [1.29, 1.82) is 0 Å². The Hall–Kier alpha value is -2.23. The number of carbonyl (C=O) groups excluding carboxylic acids is 1. The molecule has 0 aromatic heterocycles. The quantitative estimate of drug-likeness (QED) is 0.131. The number of halogens is 16. The maximum absolute atomic E-state index is 13.8. The summed E-state index contributed by atoms with van der Waals surface area (Å²) in [5.74, 6) is -37.7. The summed E-state index contributed by atoms with van der Waals surface area (Å²) in [4.78, 5) is 11.6. The van der Waals surface area contributed by atoms with E-state index in [9.17, 15) is 75.0 Å². The molecule has 0 heterocycles. The summed E-state index contributed by atoms with van der Waals surface area (Å²) in [6, 6.07) is 0. The molecule has 0 unspecified atom stereocenters. The van der Waals surface area contributed by atoms with Crippen molar-refractivity contribution < 1.29 is 75.0 Å². The van der Waals surface area contributed by atoms with E-state index in [1.165, 1.54) is 0 Å². The summed E-state index contributed by atoms with van der Waals surface area (Å²) >= 11 is 0. The standard InChI is InChI=1S/C17H10F16O/c18-8-7(9(19)11(21)12(22)10(8)20)6(34)1-13(23,24)2-14(25,26)3-15(27,28)4-16(29,30)5-17(31,32)33/h1-5H2. The highest BCUT2D eigenvalue weighted by Crippen LogP contribution is 2.45. The normalized spacial score (nSPS) is 14.0. The average molecular weight is 534 g/mol. The molecule has 0 fully saturated rings. The molecule has 0 bridgehead atoms. The zero-order chi connectivity index (χ0) is 27.1. The number of Topliss-reactive ketones (excluding diaryl/α,β-unsaturated/α-hetero) is 1. The van der Waals surface area contributed by atoms with Crippen molar-refractivity contribution in [3.8, 4) is 0 Å². The predicted octanol–water partition coefficient (Wildman–Crippen LogP) is 7.62. The van der Waals surface area contributed by atoms with E-state index < -0.39 is 102 Å². The summed E-state index contributed by atoms with van der Waals surface area (Å²) in [6.07, 6.45) is -20.8. The van der Waals surface area contributed by atoms with Gasteiger partial charge in [0.2, 0.25) is 5.82 Å². The minimum Gasteiger partial charge on any atom is -0.294 e. The van der Waals surface area contributed by atoms with Gasteiger partial charge in [-0.2, -0.15) is 13.2 Å². The van der Waals surface area contributed by atoms with E-state index in [0.29, 0.717) is 0 Å². The Morgan fingerprint density at radius 3 is 1.12 bits per heavy atom. The van der Waals surface area contributed by atoms with E-state index in [1.807, 2.05) is 0 Å². The van der Waals surface area contributed by atoms with Crippen molar-refractivity contribution >= 4 is 5.78 Å². The van der Waals surface area contributed by atoms with Crippen molar-refractivity contribution in [3.63, 3.8) is 0 Å². The van der Waals surface area contributed by atoms with Crippen LogP contribution in [0, 0.1) is 29.1 Å². The molecule has 1 aromatic rings. The number of ketones is 1. The van der Waals surface area contributed by atoms with Gasteiger partial charge in [-0.25, -0.2) is 57.1 Å². The highest BCUT2D eigenvalue weighted by atomic mass is 19.4. The van der Waals surface area contributed by atoms with Crippen LogP contribution in [0.25, 0.3) is 0 Å². The van der Waals surface area contributed by atoms with E-state index in [4.69, 9.17) is 0 Å². The molecule has 0 atom stereocenters. The average Bonchev–Trinajstić information content (AvgIpc) is 2.51. The zero-order valence-electron chi connectivity index (χ0n) is 16.0. The van der Waals surface area contributed by atoms with Gasteiger partial charge in [0.15, 0.2) is 29.1 Å². The van der Waals surface area contributed by atoms with Crippen molar-refractivity contribution in [2.45, 2.75) is 62.0 Å². The Morgan fingerprint density at radius 1 is 0.471 bits per heavy atom. The number of hydrogen-bond donors (Lipinski definition) is 0. The van der Waals surface area contributed by atoms with Gasteiger partial charge in [-0.3, -0.25) is 4.79 Å². The van der Waals surface area contributed by atoms with Crippen LogP contribution >= 0.6 is 0 Å². The molecule has 0 radical (unpaired) electrons. The molecule has 0 saturated carbocycles. The number of benzene rings is 1. The van der Waals surface area contributed by atoms with Crippen molar-refractivity contribution in [2.75, 3.05) is 0 Å². The SMILES string of the molecule is O=C(CC(F)(F)CC(F)(F)CC(F)(F)CC(F)(F)CC(F)(F)F)c1c(F)c(F)c(F)c(F)c1F. The molecule has 0 aliphatic heterocycles. The number of carbonyl (C=O) groups is 1. The smallest absolute Gasteiger partial charge is 0.294 e. The third-order valence-electron chi connectivity index (χ3n) is 3.92. The van der Waals surface area contributed by atoms with Crippen LogP contribution < -0.4 is 0 Å². The minimum atomic E-state index is -5.68. The topological polar surface area (TPSA) is 17.1 Å². The number of rotatable bonds is 10. The van der Waals surface area contributed by atoms with Crippen LogP contribution in [-0.2, 0) is 0 Å². The maximum Gasteiger partial charge on any atom is 0.394 e. The van der Waals surface area contributed by atoms with Crippen LogP contribution in [0.1, 0.15) is 42.5 Å². The molecule has 0 amide bonds. The monoisotopic (exact) mass is 534 g/mol. The lowest BCUT2D eigenvalue weighted by atomic mass is 9.94. The summed E-state index contributed by atoms with van der Waals surface area (Å²) in [7, 11) is 0. The van der Waals surface area contributed by atoms with Crippen molar-refractivity contribution in [1.82, 2.24) is 0 Å². The molecule has 34 heavy (non-hydrogen) atoms. The Morgan fingerprint density at radius 2 is 0.765 bits per heavy atom. The van der Waals surface area contributed by atoms with Crippen LogP contribution in [-0.4, -0.2) is 35.6 Å². The Bertz CT molecular complexity index is 888. The fourth-order valence-electron chi connectivity index (χ4n) is 2.85. The van der Waals surface area contributed by atoms with Gasteiger partial charge in [0.05, 0.1) is 31.2 Å². The van der Waals surface area contributed by atoms with Crippen LogP contribution in [0.3, 0.4) is 0 Å². The van der Waals surface area contributed by atoms with Gasteiger partial charge in [-0.05, 0) is 0 Å². The lowest BCUT2D eigenvalue weighted by molar-refractivity contribution is -0.217. The first-order chi connectivity index (χ1) is 14.9. The highest BCUT2D eigenvalue weighted by Gasteiger charge is 2.55. The lowest BCUT2D eigenvalue weighted by Crippen LogP contribution is -2.40. The van der Waals surface area contributed by atoms with Crippen molar-refractivity contribution in [2.24, 2.45) is 0 Å². The van der Waals surface area contributed by atoms with Crippen molar-refractivity contribution in [3.05, 3.63) is 34.6 Å². The summed E-state index contributed by atoms with van der Waals surface area (Å²) in [6.45, 7) is 0. The largest absolute Gasteiger partial charge is 0.394 e. The molecule has 1 aromatic carbocycles. The number of hydrogen-bond acceptors (Lipinski definition) is 1. The van der Waals surface area contributed by atoms with Crippen LogP contribution in [0.4, 0.5) is 70.2 Å². The van der Waals surface area contributed by atoms with E-state index in [0.717, 1.165) is 0 Å². The first-order valence-corrected chi connectivity index (χ1v) is 8.51. The highest BCUT2D eigenvalue weighted by molar-refractivity contribution is 5.97. The third-order valence-corrected chi connectivity index (χ3v) is 3.92. The van der Waals surface area contributed by atoms with Gasteiger partial charge in [0.25, 0.3) is 23.7 Å². The first-order valence-electron chi connectivity index (χ1n) is 8.51.